The van der Waals surface area contributed by atoms with Gasteiger partial charge in [0, 0.05) is 12.4 Å². The normalized spacial score (nSPS) is 17.0. The van der Waals surface area contributed by atoms with Crippen molar-refractivity contribution in [1.29, 1.82) is 0 Å². The van der Waals surface area contributed by atoms with Gasteiger partial charge in [0.25, 0.3) is 5.56 Å². The number of aliphatic imine (C=N–C) groups is 1. The molecule has 2 aromatic rings. The zero-order valence-electron chi connectivity index (χ0n) is 12.5. The first-order valence-corrected chi connectivity index (χ1v) is 7.44. The van der Waals surface area contributed by atoms with Gasteiger partial charge in [-0.3, -0.25) is 19.8 Å². The second-order valence-electron chi connectivity index (χ2n) is 5.19. The largest absolute Gasteiger partial charge is 0.422 e. The lowest BCUT2D eigenvalue weighted by atomic mass is 10.1. The number of pyridine rings is 1. The van der Waals surface area contributed by atoms with E-state index in [4.69, 9.17) is 10.5 Å². The first kappa shape index (κ1) is 15.2. The number of nitrogens with zero attached hydrogens (tertiary/aromatic N) is 3. The number of hydrogen-bond donors (Lipinski definition) is 3. The van der Waals surface area contributed by atoms with E-state index in [9.17, 15) is 4.79 Å². The average Bonchev–Trinajstić information content (AvgIpc) is 2.59. The van der Waals surface area contributed by atoms with Crippen LogP contribution in [0.2, 0.25) is 0 Å². The molecule has 1 aliphatic rings. The minimum atomic E-state index is -0.293. The molecule has 120 valence electrons. The van der Waals surface area contributed by atoms with Gasteiger partial charge in [-0.15, -0.1) is 0 Å². The molecule has 8 heteroatoms. The zero-order valence-corrected chi connectivity index (χ0v) is 12.5. The molecule has 0 bridgehead atoms. The number of aromatic nitrogens is 3. The lowest BCUT2D eigenvalue weighted by molar-refractivity contribution is 0.415. The van der Waals surface area contributed by atoms with E-state index in [0.717, 1.165) is 25.9 Å². The Morgan fingerprint density at radius 1 is 1.43 bits per heavy atom. The molecular weight excluding hydrogens is 296 g/mol. The molecule has 1 saturated heterocycles. The highest BCUT2D eigenvalue weighted by atomic mass is 16.5. The summed E-state index contributed by atoms with van der Waals surface area (Å²) < 4.78 is 5.52. The molecule has 8 nitrogen and oxygen atoms in total. The summed E-state index contributed by atoms with van der Waals surface area (Å²) in [4.78, 5) is 27.2. The molecule has 0 atom stereocenters. The molecule has 0 spiro atoms. The highest BCUT2D eigenvalue weighted by molar-refractivity contribution is 5.78. The molecule has 0 aromatic carbocycles. The van der Waals surface area contributed by atoms with Gasteiger partial charge in [-0.05, 0) is 32.0 Å². The number of ether oxygens (including phenoxy) is 1. The van der Waals surface area contributed by atoms with E-state index in [0.29, 0.717) is 16.7 Å². The molecule has 0 radical (unpaired) electrons. The summed E-state index contributed by atoms with van der Waals surface area (Å²) >= 11 is 0. The van der Waals surface area contributed by atoms with Gasteiger partial charge in [-0.2, -0.15) is 4.98 Å². The number of hydrogen-bond acceptors (Lipinski definition) is 7. The molecule has 0 saturated carbocycles. The third-order valence-corrected chi connectivity index (χ3v) is 3.59. The van der Waals surface area contributed by atoms with Crippen LogP contribution in [0.4, 0.5) is 0 Å². The van der Waals surface area contributed by atoms with E-state index in [1.165, 1.54) is 18.6 Å². The van der Waals surface area contributed by atoms with Gasteiger partial charge in [0.2, 0.25) is 0 Å². The number of piperidine rings is 1. The van der Waals surface area contributed by atoms with Gasteiger partial charge in [-0.1, -0.05) is 0 Å². The van der Waals surface area contributed by atoms with Crippen molar-refractivity contribution in [3.63, 3.8) is 0 Å². The topological polar surface area (TPSA) is 118 Å². The number of fused-ring (bicyclic) bond motifs is 1. The van der Waals surface area contributed by atoms with E-state index < -0.39 is 0 Å². The van der Waals surface area contributed by atoms with Crippen LogP contribution >= 0.6 is 0 Å². The zero-order chi connectivity index (χ0) is 16.1. The Balaban J connectivity index is 1.76. The smallest absolute Gasteiger partial charge is 0.302 e. The molecule has 1 aliphatic heterocycles. The Labute approximate surface area is 132 Å². The summed E-state index contributed by atoms with van der Waals surface area (Å²) in [5.41, 5.74) is 5.73. The first-order chi connectivity index (χ1) is 11.3. The third-order valence-electron chi connectivity index (χ3n) is 3.59. The van der Waals surface area contributed by atoms with Crippen LogP contribution in [0.25, 0.3) is 10.9 Å². The minimum Gasteiger partial charge on any atom is -0.422 e. The van der Waals surface area contributed by atoms with E-state index in [-0.39, 0.29) is 17.6 Å². The molecule has 3 heterocycles. The Kier molecular flexibility index (Phi) is 4.62. The Bertz CT molecular complexity index is 792. The summed E-state index contributed by atoms with van der Waals surface area (Å²) in [5.74, 6) is 0.329. The highest BCUT2D eigenvalue weighted by Gasteiger charge is 2.11. The van der Waals surface area contributed by atoms with Crippen molar-refractivity contribution in [1.82, 2.24) is 20.3 Å². The number of rotatable bonds is 4. The fraction of sp³-hybridized carbons (Fsp3) is 0.333. The molecule has 1 fully saturated rings. The SMILES string of the molecule is NC=C(C=NC1CCNCC1)Oc1nc2cnccc2c(=O)[nH]1. The summed E-state index contributed by atoms with van der Waals surface area (Å²) in [7, 11) is 0. The number of nitrogens with one attached hydrogen (secondary N) is 2. The van der Waals surface area contributed by atoms with Crippen LogP contribution in [0, 0.1) is 0 Å². The lowest BCUT2D eigenvalue weighted by Gasteiger charge is -2.18. The van der Waals surface area contributed by atoms with Crippen LogP contribution in [0.15, 0.2) is 40.2 Å². The molecule has 2 aromatic heterocycles. The van der Waals surface area contributed by atoms with Crippen molar-refractivity contribution in [2.45, 2.75) is 18.9 Å². The van der Waals surface area contributed by atoms with Crippen LogP contribution in [0.5, 0.6) is 6.01 Å². The lowest BCUT2D eigenvalue weighted by Crippen LogP contribution is -2.30. The number of aromatic amines is 1. The molecule has 0 unspecified atom stereocenters. The van der Waals surface area contributed by atoms with E-state index in [1.807, 2.05) is 0 Å². The number of nitrogens with two attached hydrogens (primary N) is 1. The van der Waals surface area contributed by atoms with Crippen LogP contribution in [0.3, 0.4) is 0 Å². The maximum Gasteiger partial charge on any atom is 0.302 e. The average molecular weight is 314 g/mol. The molecule has 23 heavy (non-hydrogen) atoms. The Morgan fingerprint density at radius 3 is 3.04 bits per heavy atom. The quantitative estimate of drug-likeness (QED) is 0.552. The molecular formula is C15H18N6O2. The molecule has 3 rings (SSSR count). The van der Waals surface area contributed by atoms with Gasteiger partial charge in [-0.25, -0.2) is 0 Å². The van der Waals surface area contributed by atoms with Gasteiger partial charge in [0.05, 0.1) is 29.4 Å². The summed E-state index contributed by atoms with van der Waals surface area (Å²) in [6.07, 6.45) is 7.86. The van der Waals surface area contributed by atoms with E-state index in [1.54, 1.807) is 12.3 Å². The van der Waals surface area contributed by atoms with Crippen LogP contribution in [0.1, 0.15) is 12.8 Å². The van der Waals surface area contributed by atoms with E-state index in [2.05, 4.69) is 25.3 Å². The fourth-order valence-electron chi connectivity index (χ4n) is 2.37. The van der Waals surface area contributed by atoms with Crippen LogP contribution in [-0.2, 0) is 0 Å². The fourth-order valence-corrected chi connectivity index (χ4v) is 2.37. The van der Waals surface area contributed by atoms with Crippen molar-refractivity contribution in [3.8, 4) is 6.01 Å². The number of H-pyrrole nitrogens is 1. The summed E-state index contributed by atoms with van der Waals surface area (Å²) in [5, 5.41) is 3.73. The van der Waals surface area contributed by atoms with Crippen molar-refractivity contribution >= 4 is 17.1 Å². The maximum atomic E-state index is 12.0. The van der Waals surface area contributed by atoms with Crippen molar-refractivity contribution < 1.29 is 4.74 Å². The highest BCUT2D eigenvalue weighted by Crippen LogP contribution is 2.11. The van der Waals surface area contributed by atoms with Gasteiger partial charge in [0.15, 0.2) is 5.76 Å². The van der Waals surface area contributed by atoms with Crippen LogP contribution < -0.4 is 21.3 Å². The standard InChI is InChI=1S/C15H18N6O2/c16-7-11(8-19-10-1-4-17-5-2-10)23-15-20-13-9-18-6-3-12(13)14(22)21-15/h3,6-10,17H,1-2,4-5,16H2,(H,20,21,22). The van der Waals surface area contributed by atoms with Crippen molar-refractivity contribution in [2.24, 2.45) is 10.7 Å². The minimum absolute atomic E-state index is 0.0592. The molecule has 0 aliphatic carbocycles. The maximum absolute atomic E-state index is 12.0. The van der Waals surface area contributed by atoms with Gasteiger partial charge < -0.3 is 15.8 Å². The molecule has 4 N–H and O–H groups in total. The Morgan fingerprint density at radius 2 is 2.26 bits per heavy atom. The molecule has 0 amide bonds. The Hall–Kier alpha value is -2.74. The van der Waals surface area contributed by atoms with E-state index >= 15 is 0 Å². The predicted octanol–water partition coefficient (Wildman–Crippen LogP) is 0.320. The van der Waals surface area contributed by atoms with Gasteiger partial charge >= 0.3 is 6.01 Å². The van der Waals surface area contributed by atoms with Gasteiger partial charge in [0.1, 0.15) is 0 Å². The van der Waals surface area contributed by atoms with Crippen molar-refractivity contribution in [2.75, 3.05) is 13.1 Å². The first-order valence-electron chi connectivity index (χ1n) is 7.44. The van der Waals surface area contributed by atoms with Crippen molar-refractivity contribution in [3.05, 3.63) is 40.8 Å². The third kappa shape index (κ3) is 3.72. The monoisotopic (exact) mass is 314 g/mol. The second kappa shape index (κ2) is 7.01. The number of allylic oxidation sites excluding steroid dienone is 1. The van der Waals surface area contributed by atoms with Crippen LogP contribution in [-0.4, -0.2) is 40.3 Å². The second-order valence-corrected chi connectivity index (χ2v) is 5.19. The summed E-state index contributed by atoms with van der Waals surface area (Å²) in [6.45, 7) is 1.91. The summed E-state index contributed by atoms with van der Waals surface area (Å²) in [6, 6.07) is 1.91. The predicted molar refractivity (Wildman–Crippen MR) is 87.4 cm³/mol.